The molecule has 8 heteroatoms. The maximum atomic E-state index is 13.5. The molecule has 0 spiro atoms. The number of aryl methyl sites for hydroxylation is 1. The summed E-state index contributed by atoms with van der Waals surface area (Å²) in [6.07, 6.45) is 5.71. The van der Waals surface area contributed by atoms with Crippen LogP contribution in [0.15, 0.2) is 40.0 Å². The van der Waals surface area contributed by atoms with Crippen molar-refractivity contribution in [1.29, 1.82) is 0 Å². The topological polar surface area (TPSA) is 80.9 Å². The lowest BCUT2D eigenvalue weighted by Crippen LogP contribution is -2.37. The Kier molecular flexibility index (Phi) is 5.68. The number of benzene rings is 1. The molecule has 3 aromatic rings. The SMILES string of the molecule is CCS(=O)(=O)c1cc(C(=O)N(C)CC2CCCCC2)c(=O)n2c3ccccc3n(C)c12. The number of rotatable bonds is 5. The van der Waals surface area contributed by atoms with Crippen molar-refractivity contribution in [2.45, 2.75) is 43.9 Å². The molecular formula is C23H29N3O4S. The van der Waals surface area contributed by atoms with E-state index in [4.69, 9.17) is 0 Å². The first-order chi connectivity index (χ1) is 14.8. The molecule has 7 nitrogen and oxygen atoms in total. The van der Waals surface area contributed by atoms with Gasteiger partial charge in [-0.3, -0.25) is 14.0 Å². The second-order valence-electron chi connectivity index (χ2n) is 8.53. The van der Waals surface area contributed by atoms with Crippen molar-refractivity contribution >= 4 is 32.4 Å². The number of sulfone groups is 1. The molecule has 0 saturated heterocycles. The standard InChI is InChI=1S/C23H29N3O4S/c1-4-31(29,30)20-14-17(22(27)24(2)15-16-10-6-5-7-11-16)23(28)26-19-13-9-8-12-18(19)25(3)21(20)26/h8-9,12-14,16H,4-7,10-11,15H2,1-3H3. The minimum atomic E-state index is -3.67. The molecule has 2 aromatic heterocycles. The summed E-state index contributed by atoms with van der Waals surface area (Å²) in [5, 5.41) is 0. The number of para-hydroxylation sites is 2. The zero-order valence-corrected chi connectivity index (χ0v) is 19.1. The number of aromatic nitrogens is 2. The monoisotopic (exact) mass is 443 g/mol. The van der Waals surface area contributed by atoms with Crippen molar-refractivity contribution in [2.24, 2.45) is 13.0 Å². The van der Waals surface area contributed by atoms with Crippen LogP contribution in [-0.4, -0.2) is 47.5 Å². The lowest BCUT2D eigenvalue weighted by atomic mass is 9.89. The van der Waals surface area contributed by atoms with Crippen molar-refractivity contribution < 1.29 is 13.2 Å². The maximum Gasteiger partial charge on any atom is 0.269 e. The Morgan fingerprint density at radius 1 is 1.13 bits per heavy atom. The molecule has 1 fully saturated rings. The first-order valence-electron chi connectivity index (χ1n) is 10.9. The third kappa shape index (κ3) is 3.67. The molecule has 4 rings (SSSR count). The molecular weight excluding hydrogens is 414 g/mol. The van der Waals surface area contributed by atoms with E-state index in [1.807, 2.05) is 12.1 Å². The summed E-state index contributed by atoms with van der Waals surface area (Å²) < 4.78 is 29.0. The van der Waals surface area contributed by atoms with Crippen LogP contribution < -0.4 is 5.56 Å². The average Bonchev–Trinajstić information content (AvgIpc) is 3.07. The Morgan fingerprint density at radius 2 is 1.77 bits per heavy atom. The fourth-order valence-electron chi connectivity index (χ4n) is 4.76. The first kappa shape index (κ1) is 21.6. The Bertz CT molecular complexity index is 1310. The number of pyridine rings is 1. The minimum Gasteiger partial charge on any atom is -0.341 e. The van der Waals surface area contributed by atoms with Crippen LogP contribution in [0.2, 0.25) is 0 Å². The summed E-state index contributed by atoms with van der Waals surface area (Å²) in [5.74, 6) is -0.121. The average molecular weight is 444 g/mol. The Labute approximate surface area is 182 Å². The highest BCUT2D eigenvalue weighted by Crippen LogP contribution is 2.27. The first-order valence-corrected chi connectivity index (χ1v) is 12.5. The van der Waals surface area contributed by atoms with Gasteiger partial charge in [0.2, 0.25) is 0 Å². The summed E-state index contributed by atoms with van der Waals surface area (Å²) in [5.41, 5.74) is 1.02. The third-order valence-corrected chi connectivity index (χ3v) is 8.22. The van der Waals surface area contributed by atoms with Crippen molar-refractivity contribution in [3.63, 3.8) is 0 Å². The van der Waals surface area contributed by atoms with Crippen LogP contribution in [0.25, 0.3) is 16.7 Å². The molecule has 2 heterocycles. The highest BCUT2D eigenvalue weighted by atomic mass is 32.2. The summed E-state index contributed by atoms with van der Waals surface area (Å²) in [6.45, 7) is 2.14. The van der Waals surface area contributed by atoms with Gasteiger partial charge < -0.3 is 9.47 Å². The molecule has 31 heavy (non-hydrogen) atoms. The van der Waals surface area contributed by atoms with E-state index in [0.29, 0.717) is 23.6 Å². The van der Waals surface area contributed by atoms with E-state index in [9.17, 15) is 18.0 Å². The molecule has 1 aliphatic carbocycles. The van der Waals surface area contributed by atoms with Gasteiger partial charge >= 0.3 is 0 Å². The number of amides is 1. The smallest absolute Gasteiger partial charge is 0.269 e. The molecule has 0 atom stereocenters. The molecule has 1 aliphatic rings. The summed E-state index contributed by atoms with van der Waals surface area (Å²) >= 11 is 0. The van der Waals surface area contributed by atoms with Crippen LogP contribution >= 0.6 is 0 Å². The van der Waals surface area contributed by atoms with E-state index in [1.165, 1.54) is 16.9 Å². The van der Waals surface area contributed by atoms with Gasteiger partial charge in [-0.25, -0.2) is 8.42 Å². The number of carbonyl (C=O) groups is 1. The fraction of sp³-hybridized carbons (Fsp3) is 0.478. The molecule has 1 saturated carbocycles. The minimum absolute atomic E-state index is 0.0164. The van der Waals surface area contributed by atoms with Crippen molar-refractivity contribution in [3.8, 4) is 0 Å². The number of nitrogens with zero attached hydrogens (tertiary/aromatic N) is 3. The highest BCUT2D eigenvalue weighted by Gasteiger charge is 2.28. The number of fused-ring (bicyclic) bond motifs is 3. The molecule has 1 aromatic carbocycles. The van der Waals surface area contributed by atoms with Gasteiger partial charge in [-0.2, -0.15) is 0 Å². The Hall–Kier alpha value is -2.61. The predicted octanol–water partition coefficient (Wildman–Crippen LogP) is 3.24. The van der Waals surface area contributed by atoms with Gasteiger partial charge in [0.15, 0.2) is 9.84 Å². The van der Waals surface area contributed by atoms with Crippen LogP contribution in [0.3, 0.4) is 0 Å². The largest absolute Gasteiger partial charge is 0.341 e. The van der Waals surface area contributed by atoms with Crippen molar-refractivity contribution in [3.05, 3.63) is 46.2 Å². The van der Waals surface area contributed by atoms with Crippen LogP contribution in [0.5, 0.6) is 0 Å². The highest BCUT2D eigenvalue weighted by molar-refractivity contribution is 7.91. The molecule has 166 valence electrons. The number of hydrogen-bond donors (Lipinski definition) is 0. The van der Waals surface area contributed by atoms with Crippen molar-refractivity contribution in [2.75, 3.05) is 19.3 Å². The fourth-order valence-corrected chi connectivity index (χ4v) is 5.87. The van der Waals surface area contributed by atoms with Gasteiger partial charge in [-0.05, 0) is 37.0 Å². The Balaban J connectivity index is 1.92. The molecule has 0 N–H and O–H groups in total. The van der Waals surface area contributed by atoms with E-state index in [1.54, 1.807) is 42.6 Å². The number of carbonyl (C=O) groups excluding carboxylic acids is 1. The van der Waals surface area contributed by atoms with E-state index in [2.05, 4.69) is 0 Å². The van der Waals surface area contributed by atoms with Crippen LogP contribution in [0, 0.1) is 5.92 Å². The van der Waals surface area contributed by atoms with Gasteiger partial charge in [0, 0.05) is 20.6 Å². The number of hydrogen-bond acceptors (Lipinski definition) is 4. The van der Waals surface area contributed by atoms with Crippen LogP contribution in [0.4, 0.5) is 0 Å². The second kappa shape index (κ2) is 8.15. The van der Waals surface area contributed by atoms with Gasteiger partial charge in [-0.15, -0.1) is 0 Å². The molecule has 0 aliphatic heterocycles. The Morgan fingerprint density at radius 3 is 2.42 bits per heavy atom. The predicted molar refractivity (Wildman–Crippen MR) is 121 cm³/mol. The lowest BCUT2D eigenvalue weighted by Gasteiger charge is -2.27. The van der Waals surface area contributed by atoms with E-state index in [0.717, 1.165) is 31.2 Å². The van der Waals surface area contributed by atoms with Gasteiger partial charge in [-0.1, -0.05) is 38.3 Å². The summed E-state index contributed by atoms with van der Waals surface area (Å²) in [7, 11) is -0.237. The molecule has 1 amide bonds. The van der Waals surface area contributed by atoms with Gasteiger partial charge in [0.05, 0.1) is 16.8 Å². The zero-order valence-electron chi connectivity index (χ0n) is 18.3. The van der Waals surface area contributed by atoms with Crippen LogP contribution in [0.1, 0.15) is 49.4 Å². The number of imidazole rings is 1. The summed E-state index contributed by atoms with van der Waals surface area (Å²) in [4.78, 5) is 28.4. The van der Waals surface area contributed by atoms with Crippen molar-refractivity contribution in [1.82, 2.24) is 13.9 Å². The second-order valence-corrected chi connectivity index (χ2v) is 10.8. The van der Waals surface area contributed by atoms with E-state index < -0.39 is 21.3 Å². The third-order valence-electron chi connectivity index (χ3n) is 6.49. The zero-order chi connectivity index (χ0) is 22.3. The van der Waals surface area contributed by atoms with E-state index >= 15 is 0 Å². The quantitative estimate of drug-likeness (QED) is 0.606. The molecule has 0 radical (unpaired) electrons. The lowest BCUT2D eigenvalue weighted by molar-refractivity contribution is 0.0758. The van der Waals surface area contributed by atoms with Crippen LogP contribution in [-0.2, 0) is 16.9 Å². The normalized spacial score (nSPS) is 15.6. The molecule has 0 bridgehead atoms. The van der Waals surface area contributed by atoms with Gasteiger partial charge in [0.25, 0.3) is 11.5 Å². The van der Waals surface area contributed by atoms with E-state index in [-0.39, 0.29) is 16.2 Å². The van der Waals surface area contributed by atoms with Gasteiger partial charge in [0.1, 0.15) is 16.1 Å². The summed E-state index contributed by atoms with van der Waals surface area (Å²) in [6, 6.07) is 8.53. The maximum absolute atomic E-state index is 13.5. The molecule has 0 unspecified atom stereocenters.